The highest BCUT2D eigenvalue weighted by Crippen LogP contribution is 2.26. The molecule has 0 bridgehead atoms. The van der Waals surface area contributed by atoms with E-state index in [-0.39, 0.29) is 11.2 Å². The van der Waals surface area contributed by atoms with Crippen LogP contribution in [0.2, 0.25) is 0 Å². The van der Waals surface area contributed by atoms with Crippen LogP contribution in [0.1, 0.15) is 38.1 Å². The van der Waals surface area contributed by atoms with E-state index < -0.39 is 0 Å². The van der Waals surface area contributed by atoms with Crippen molar-refractivity contribution in [2.45, 2.75) is 46.6 Å². The number of fused-ring (bicyclic) bond motifs is 1. The van der Waals surface area contributed by atoms with Gasteiger partial charge in [0.15, 0.2) is 0 Å². The van der Waals surface area contributed by atoms with Gasteiger partial charge in [-0.1, -0.05) is 19.0 Å². The fraction of sp³-hybridized carbons (Fsp3) is 0.611. The van der Waals surface area contributed by atoms with Gasteiger partial charge in [-0.2, -0.15) is 0 Å². The Bertz CT molecular complexity index is 893. The van der Waals surface area contributed by atoms with Crippen LogP contribution in [0, 0.1) is 12.8 Å². The molecule has 8 heteroatoms. The molecule has 142 valence electrons. The molecule has 1 N–H and O–H groups in total. The highest BCUT2D eigenvalue weighted by Gasteiger charge is 2.27. The molecule has 0 aliphatic carbocycles. The van der Waals surface area contributed by atoms with Crippen molar-refractivity contribution in [1.29, 1.82) is 0 Å². The van der Waals surface area contributed by atoms with Crippen molar-refractivity contribution in [3.63, 3.8) is 0 Å². The molecule has 8 nitrogen and oxygen atoms in total. The van der Waals surface area contributed by atoms with Crippen LogP contribution in [0.5, 0.6) is 0 Å². The van der Waals surface area contributed by atoms with Crippen LogP contribution in [-0.4, -0.2) is 27.5 Å². The number of rotatable bonds is 7. The summed E-state index contributed by atoms with van der Waals surface area (Å²) in [5.41, 5.74) is 0.987. The van der Waals surface area contributed by atoms with Crippen LogP contribution in [0.3, 0.4) is 0 Å². The Kier molecular flexibility index (Phi) is 5.20. The monoisotopic (exact) mass is 361 g/mol. The van der Waals surface area contributed by atoms with Crippen molar-refractivity contribution in [2.75, 3.05) is 23.4 Å². The van der Waals surface area contributed by atoms with Gasteiger partial charge in [0, 0.05) is 32.6 Å². The van der Waals surface area contributed by atoms with Crippen LogP contribution in [0.4, 0.5) is 11.5 Å². The summed E-state index contributed by atoms with van der Waals surface area (Å²) in [5, 5.41) is 7.05. The zero-order valence-corrected chi connectivity index (χ0v) is 15.9. The lowest BCUT2D eigenvalue weighted by Crippen LogP contribution is -2.41. The van der Waals surface area contributed by atoms with Gasteiger partial charge in [-0.05, 0) is 25.7 Å². The average molecular weight is 361 g/mol. The maximum atomic E-state index is 12.9. The van der Waals surface area contributed by atoms with Gasteiger partial charge in [0.05, 0.1) is 12.4 Å². The summed E-state index contributed by atoms with van der Waals surface area (Å²) in [4.78, 5) is 27.5. The summed E-state index contributed by atoms with van der Waals surface area (Å²) >= 11 is 0. The SMILES string of the molecule is Cc1cc(CCCCn2c(=O)c3c(n(C)c2=O)NCN3CC(C)C)on1. The van der Waals surface area contributed by atoms with E-state index in [4.69, 9.17) is 4.52 Å². The van der Waals surface area contributed by atoms with E-state index in [1.165, 1.54) is 9.13 Å². The normalized spacial score (nSPS) is 13.3. The van der Waals surface area contributed by atoms with Gasteiger partial charge in [0.1, 0.15) is 17.3 Å². The van der Waals surface area contributed by atoms with E-state index in [2.05, 4.69) is 24.3 Å². The summed E-state index contributed by atoms with van der Waals surface area (Å²) in [5.74, 6) is 1.89. The first-order chi connectivity index (χ1) is 12.4. The van der Waals surface area contributed by atoms with Crippen molar-refractivity contribution in [3.8, 4) is 0 Å². The molecule has 0 atom stereocenters. The number of hydrogen-bond donors (Lipinski definition) is 1. The van der Waals surface area contributed by atoms with Crippen LogP contribution in [-0.2, 0) is 20.0 Å². The third-order valence-electron chi connectivity index (χ3n) is 4.60. The lowest BCUT2D eigenvalue weighted by Gasteiger charge is -2.20. The van der Waals surface area contributed by atoms with Gasteiger partial charge in [-0.25, -0.2) is 4.79 Å². The molecule has 0 unspecified atom stereocenters. The summed E-state index contributed by atoms with van der Waals surface area (Å²) in [6.45, 7) is 7.86. The third-order valence-corrected chi connectivity index (χ3v) is 4.60. The molecule has 0 aromatic carbocycles. The topological polar surface area (TPSA) is 85.3 Å². The fourth-order valence-corrected chi connectivity index (χ4v) is 3.39. The Hall–Kier alpha value is -2.51. The fourth-order valence-electron chi connectivity index (χ4n) is 3.39. The molecule has 0 radical (unpaired) electrons. The average Bonchev–Trinajstić information content (AvgIpc) is 3.18. The summed E-state index contributed by atoms with van der Waals surface area (Å²) in [7, 11) is 1.71. The number of nitrogens with zero attached hydrogens (tertiary/aromatic N) is 4. The molecular weight excluding hydrogens is 334 g/mol. The Morgan fingerprint density at radius 1 is 1.31 bits per heavy atom. The molecular formula is C18H27N5O3. The van der Waals surface area contributed by atoms with Crippen molar-refractivity contribution >= 4 is 11.5 Å². The van der Waals surface area contributed by atoms with Crippen LogP contribution < -0.4 is 21.5 Å². The Balaban J connectivity index is 1.76. The van der Waals surface area contributed by atoms with Crippen LogP contribution in [0.25, 0.3) is 0 Å². The van der Waals surface area contributed by atoms with E-state index in [9.17, 15) is 9.59 Å². The predicted molar refractivity (Wildman–Crippen MR) is 101 cm³/mol. The molecule has 3 heterocycles. The van der Waals surface area contributed by atoms with Gasteiger partial charge in [-0.15, -0.1) is 0 Å². The standard InChI is InChI=1S/C18H27N5O3/c1-12(2)10-22-11-19-16-15(22)17(24)23(18(25)21(16)4)8-6-5-7-14-9-13(3)20-26-14/h9,12,19H,5-8,10-11H2,1-4H3. The molecule has 26 heavy (non-hydrogen) atoms. The first-order valence-electron chi connectivity index (χ1n) is 9.13. The van der Waals surface area contributed by atoms with Gasteiger partial charge < -0.3 is 14.7 Å². The molecule has 0 spiro atoms. The lowest BCUT2D eigenvalue weighted by atomic mass is 10.2. The molecule has 1 aliphatic rings. The maximum Gasteiger partial charge on any atom is 0.332 e. The number of anilines is 2. The van der Waals surface area contributed by atoms with Crippen LogP contribution >= 0.6 is 0 Å². The summed E-state index contributed by atoms with van der Waals surface area (Å²) in [6, 6.07) is 1.91. The van der Waals surface area contributed by atoms with E-state index in [0.29, 0.717) is 30.6 Å². The minimum absolute atomic E-state index is 0.204. The van der Waals surface area contributed by atoms with Crippen molar-refractivity contribution < 1.29 is 4.52 Å². The van der Waals surface area contributed by atoms with Gasteiger partial charge >= 0.3 is 5.69 Å². The highest BCUT2D eigenvalue weighted by molar-refractivity contribution is 5.70. The largest absolute Gasteiger partial charge is 0.361 e. The zero-order chi connectivity index (χ0) is 18.8. The Morgan fingerprint density at radius 2 is 2.08 bits per heavy atom. The zero-order valence-electron chi connectivity index (χ0n) is 15.9. The predicted octanol–water partition coefficient (Wildman–Crippen LogP) is 1.71. The quantitative estimate of drug-likeness (QED) is 0.756. The summed E-state index contributed by atoms with van der Waals surface area (Å²) < 4.78 is 8.09. The highest BCUT2D eigenvalue weighted by atomic mass is 16.5. The number of aryl methyl sites for hydroxylation is 2. The second kappa shape index (κ2) is 7.39. The minimum atomic E-state index is -0.275. The van der Waals surface area contributed by atoms with Gasteiger partial charge in [0.2, 0.25) is 0 Å². The van der Waals surface area contributed by atoms with E-state index >= 15 is 0 Å². The van der Waals surface area contributed by atoms with Gasteiger partial charge in [0.25, 0.3) is 5.56 Å². The van der Waals surface area contributed by atoms with E-state index in [0.717, 1.165) is 37.3 Å². The number of unbranched alkanes of at least 4 members (excludes halogenated alkanes) is 1. The third kappa shape index (κ3) is 3.54. The first kappa shape index (κ1) is 18.3. The van der Waals surface area contributed by atoms with E-state index in [1.807, 2.05) is 17.9 Å². The Morgan fingerprint density at radius 3 is 2.73 bits per heavy atom. The molecule has 0 saturated heterocycles. The van der Waals surface area contributed by atoms with Crippen molar-refractivity contribution in [2.24, 2.45) is 13.0 Å². The molecule has 0 saturated carbocycles. The molecule has 3 rings (SSSR count). The molecule has 1 aliphatic heterocycles. The van der Waals surface area contributed by atoms with Gasteiger partial charge in [-0.3, -0.25) is 13.9 Å². The van der Waals surface area contributed by atoms with Crippen molar-refractivity contribution in [3.05, 3.63) is 38.4 Å². The smallest absolute Gasteiger partial charge is 0.332 e. The van der Waals surface area contributed by atoms with Crippen LogP contribution in [0.15, 0.2) is 20.2 Å². The molecule has 0 fully saturated rings. The maximum absolute atomic E-state index is 12.9. The molecule has 2 aromatic heterocycles. The second-order valence-electron chi connectivity index (χ2n) is 7.34. The first-order valence-corrected chi connectivity index (χ1v) is 9.13. The minimum Gasteiger partial charge on any atom is -0.361 e. The van der Waals surface area contributed by atoms with Crippen molar-refractivity contribution in [1.82, 2.24) is 14.3 Å². The number of hydrogen-bond acceptors (Lipinski definition) is 6. The lowest BCUT2D eigenvalue weighted by molar-refractivity contribution is 0.374. The Labute approximate surface area is 152 Å². The van der Waals surface area contributed by atoms with E-state index in [1.54, 1.807) is 7.05 Å². The summed E-state index contributed by atoms with van der Waals surface area (Å²) in [6.07, 6.45) is 2.31. The number of aromatic nitrogens is 3. The molecule has 2 aromatic rings. The molecule has 0 amide bonds. The second-order valence-corrected chi connectivity index (χ2v) is 7.34. The number of nitrogens with one attached hydrogen (secondary N) is 1.